The molecule has 0 saturated carbocycles. The molecule has 0 aliphatic heterocycles. The van der Waals surface area contributed by atoms with E-state index in [4.69, 9.17) is 10.5 Å². The second-order valence-corrected chi connectivity index (χ2v) is 7.97. The van der Waals surface area contributed by atoms with Crippen LogP contribution < -0.4 is 15.8 Å². The van der Waals surface area contributed by atoms with Crippen LogP contribution in [0.5, 0.6) is 5.75 Å². The van der Waals surface area contributed by atoms with Crippen LogP contribution in [0.1, 0.15) is 28.8 Å². The number of ketones is 1. The minimum Gasteiger partial charge on any atom is -0.497 e. The smallest absolute Gasteiger partial charge is 0.253 e. The molecule has 1 heterocycles. The van der Waals surface area contributed by atoms with Gasteiger partial charge in [-0.05, 0) is 41.8 Å². The molecule has 0 unspecified atom stereocenters. The molecule has 0 radical (unpaired) electrons. The van der Waals surface area contributed by atoms with Gasteiger partial charge in [0.15, 0.2) is 5.78 Å². The SMILES string of the molecule is COc1ccc(C[C@H](CC(=O)C2=C[C@@H](NC(=O)c3cccnc3)[C@@H](O)[C@H](O)C2)C(N)=O)cc1. The summed E-state index contributed by atoms with van der Waals surface area (Å²) >= 11 is 0. The van der Waals surface area contributed by atoms with Crippen molar-refractivity contribution in [1.29, 1.82) is 0 Å². The number of pyridine rings is 1. The van der Waals surface area contributed by atoms with Gasteiger partial charge in [-0.1, -0.05) is 18.2 Å². The van der Waals surface area contributed by atoms with Crippen LogP contribution in [0.25, 0.3) is 0 Å². The number of nitrogens with two attached hydrogens (primary N) is 1. The third-order valence-electron chi connectivity index (χ3n) is 5.63. The molecule has 5 N–H and O–H groups in total. The molecule has 2 aromatic rings. The monoisotopic (exact) mass is 453 g/mol. The van der Waals surface area contributed by atoms with E-state index in [2.05, 4.69) is 10.3 Å². The summed E-state index contributed by atoms with van der Waals surface area (Å²) in [6, 6.07) is 9.28. The Hall–Kier alpha value is -3.56. The van der Waals surface area contributed by atoms with E-state index in [0.29, 0.717) is 5.75 Å². The van der Waals surface area contributed by atoms with Crippen LogP contribution in [0, 0.1) is 5.92 Å². The van der Waals surface area contributed by atoms with Gasteiger partial charge in [-0.2, -0.15) is 0 Å². The summed E-state index contributed by atoms with van der Waals surface area (Å²) < 4.78 is 5.12. The number of nitrogens with zero attached hydrogens (tertiary/aromatic N) is 1. The largest absolute Gasteiger partial charge is 0.497 e. The molecule has 9 heteroatoms. The fourth-order valence-electron chi connectivity index (χ4n) is 3.71. The number of benzene rings is 1. The van der Waals surface area contributed by atoms with Crippen molar-refractivity contribution in [1.82, 2.24) is 10.3 Å². The van der Waals surface area contributed by atoms with Crippen molar-refractivity contribution >= 4 is 17.6 Å². The van der Waals surface area contributed by atoms with Gasteiger partial charge in [0.25, 0.3) is 5.91 Å². The first-order valence-corrected chi connectivity index (χ1v) is 10.5. The molecule has 1 aliphatic rings. The zero-order valence-corrected chi connectivity index (χ0v) is 18.2. The number of methoxy groups -OCH3 is 1. The lowest BCUT2D eigenvalue weighted by Gasteiger charge is -2.31. The number of ether oxygens (including phenoxy) is 1. The van der Waals surface area contributed by atoms with Crippen molar-refractivity contribution < 1.29 is 29.3 Å². The Kier molecular flexibility index (Phi) is 7.92. The summed E-state index contributed by atoms with van der Waals surface area (Å²) in [5.74, 6) is -1.57. The van der Waals surface area contributed by atoms with Gasteiger partial charge in [-0.25, -0.2) is 0 Å². The lowest BCUT2D eigenvalue weighted by molar-refractivity contribution is -0.126. The Morgan fingerprint density at radius 3 is 2.55 bits per heavy atom. The fourth-order valence-corrected chi connectivity index (χ4v) is 3.71. The predicted octanol–water partition coefficient (Wildman–Crippen LogP) is 0.544. The van der Waals surface area contributed by atoms with E-state index >= 15 is 0 Å². The van der Waals surface area contributed by atoms with E-state index in [-0.39, 0.29) is 36.2 Å². The zero-order chi connectivity index (χ0) is 24.0. The van der Waals surface area contributed by atoms with Crippen LogP contribution in [-0.2, 0) is 16.0 Å². The van der Waals surface area contributed by atoms with Crippen molar-refractivity contribution in [3.05, 3.63) is 71.6 Å². The number of hydrogen-bond donors (Lipinski definition) is 4. The number of aliphatic hydroxyl groups is 2. The number of hydrogen-bond acceptors (Lipinski definition) is 7. The number of carbonyl (C=O) groups excluding carboxylic acids is 3. The number of nitrogens with one attached hydrogen (secondary N) is 1. The van der Waals surface area contributed by atoms with Crippen molar-refractivity contribution in [2.24, 2.45) is 11.7 Å². The summed E-state index contributed by atoms with van der Waals surface area (Å²) in [7, 11) is 1.55. The standard InChI is InChI=1S/C24H27N3O6/c1-33-18-6-4-14(5-7-18)9-17(23(25)31)12-20(28)16-10-19(22(30)21(29)11-16)27-24(32)15-3-2-8-26-13-15/h2-8,10,13,17,19,21-22,29-30H,9,11-12H2,1H3,(H2,25,31)(H,27,32)/t17-,19-,21-,22-/m1/s1. The molecular formula is C24H27N3O6. The van der Waals surface area contributed by atoms with Crippen LogP contribution in [0.15, 0.2) is 60.4 Å². The molecule has 3 rings (SSSR count). The van der Waals surface area contributed by atoms with Gasteiger partial charge in [0, 0.05) is 31.2 Å². The highest BCUT2D eigenvalue weighted by Gasteiger charge is 2.34. The van der Waals surface area contributed by atoms with E-state index in [1.165, 1.54) is 18.5 Å². The molecule has 1 aromatic carbocycles. The first kappa shape index (κ1) is 24.1. The van der Waals surface area contributed by atoms with Gasteiger partial charge in [-0.3, -0.25) is 19.4 Å². The first-order valence-electron chi connectivity index (χ1n) is 10.5. The average molecular weight is 453 g/mol. The van der Waals surface area contributed by atoms with Gasteiger partial charge >= 0.3 is 0 Å². The molecule has 4 atom stereocenters. The summed E-state index contributed by atoms with van der Waals surface area (Å²) in [6.07, 6.45) is 1.81. The lowest BCUT2D eigenvalue weighted by atomic mass is 9.84. The normalized spacial score (nSPS) is 20.9. The number of amides is 2. The predicted molar refractivity (Wildman–Crippen MR) is 119 cm³/mol. The summed E-state index contributed by atoms with van der Waals surface area (Å²) in [5.41, 5.74) is 6.86. The molecule has 0 spiro atoms. The number of rotatable bonds is 9. The molecule has 0 fully saturated rings. The Morgan fingerprint density at radius 1 is 1.21 bits per heavy atom. The van der Waals surface area contributed by atoms with E-state index < -0.39 is 36.0 Å². The Bertz CT molecular complexity index is 1020. The third-order valence-corrected chi connectivity index (χ3v) is 5.63. The van der Waals surface area contributed by atoms with E-state index in [0.717, 1.165) is 5.56 Å². The van der Waals surface area contributed by atoms with Gasteiger partial charge in [0.2, 0.25) is 5.91 Å². The Labute approximate surface area is 191 Å². The van der Waals surface area contributed by atoms with Crippen molar-refractivity contribution in [3.8, 4) is 5.75 Å². The van der Waals surface area contributed by atoms with Crippen molar-refractivity contribution in [2.75, 3.05) is 7.11 Å². The number of aliphatic hydroxyl groups excluding tert-OH is 2. The maximum absolute atomic E-state index is 12.9. The van der Waals surface area contributed by atoms with Crippen LogP contribution in [0.3, 0.4) is 0 Å². The molecule has 0 bridgehead atoms. The Balaban J connectivity index is 1.72. The first-order chi connectivity index (χ1) is 15.8. The average Bonchev–Trinajstić information content (AvgIpc) is 2.82. The summed E-state index contributed by atoms with van der Waals surface area (Å²) in [6.45, 7) is 0. The maximum Gasteiger partial charge on any atom is 0.253 e. The highest BCUT2D eigenvalue weighted by atomic mass is 16.5. The van der Waals surface area contributed by atoms with Gasteiger partial charge in [0.1, 0.15) is 11.9 Å². The Morgan fingerprint density at radius 2 is 1.94 bits per heavy atom. The minimum absolute atomic E-state index is 0.0900. The highest BCUT2D eigenvalue weighted by molar-refractivity contribution is 5.99. The third kappa shape index (κ3) is 6.24. The van der Waals surface area contributed by atoms with Gasteiger partial charge in [-0.15, -0.1) is 0 Å². The highest BCUT2D eigenvalue weighted by Crippen LogP contribution is 2.24. The molecule has 9 nitrogen and oxygen atoms in total. The molecule has 33 heavy (non-hydrogen) atoms. The van der Waals surface area contributed by atoms with Crippen molar-refractivity contribution in [2.45, 2.75) is 37.5 Å². The van der Waals surface area contributed by atoms with Gasteiger partial charge in [0.05, 0.1) is 24.8 Å². The summed E-state index contributed by atoms with van der Waals surface area (Å²) in [5, 5.41) is 23.2. The van der Waals surface area contributed by atoms with Crippen LogP contribution in [0.2, 0.25) is 0 Å². The van der Waals surface area contributed by atoms with Crippen LogP contribution in [0.4, 0.5) is 0 Å². The molecule has 1 aromatic heterocycles. The second kappa shape index (κ2) is 10.8. The number of Topliss-reactive ketones (excluding diaryl/α,β-unsaturated/α-hetero) is 1. The number of carbonyl (C=O) groups is 3. The van der Waals surface area contributed by atoms with E-state index in [9.17, 15) is 24.6 Å². The lowest BCUT2D eigenvalue weighted by Crippen LogP contribution is -2.50. The molecule has 174 valence electrons. The molecule has 1 aliphatic carbocycles. The maximum atomic E-state index is 12.9. The van der Waals surface area contributed by atoms with Gasteiger partial charge < -0.3 is 26.0 Å². The van der Waals surface area contributed by atoms with Crippen LogP contribution in [-0.4, -0.2) is 58.2 Å². The number of aromatic nitrogens is 1. The number of primary amides is 1. The summed E-state index contributed by atoms with van der Waals surface area (Å²) in [4.78, 5) is 41.3. The molecular weight excluding hydrogens is 426 g/mol. The topological polar surface area (TPSA) is 152 Å². The molecule has 2 amide bonds. The van der Waals surface area contributed by atoms with Crippen molar-refractivity contribution in [3.63, 3.8) is 0 Å². The second-order valence-electron chi connectivity index (χ2n) is 7.97. The van der Waals surface area contributed by atoms with E-state index in [1.807, 2.05) is 0 Å². The molecule has 0 saturated heterocycles. The minimum atomic E-state index is -1.28. The zero-order valence-electron chi connectivity index (χ0n) is 18.2. The van der Waals surface area contributed by atoms with E-state index in [1.54, 1.807) is 43.5 Å². The van der Waals surface area contributed by atoms with Crippen LogP contribution >= 0.6 is 0 Å². The fraction of sp³-hybridized carbons (Fsp3) is 0.333. The quantitative estimate of drug-likeness (QED) is 0.432.